The molecule has 0 radical (unpaired) electrons. The molecule has 0 amide bonds. The van der Waals surface area contributed by atoms with E-state index in [1.807, 2.05) is 25.1 Å². The van der Waals surface area contributed by atoms with Crippen molar-refractivity contribution in [1.29, 1.82) is 0 Å². The van der Waals surface area contributed by atoms with E-state index in [4.69, 9.17) is 9.47 Å². The molecule has 0 aliphatic carbocycles. The van der Waals surface area contributed by atoms with E-state index in [9.17, 15) is 9.59 Å². The molecule has 0 saturated carbocycles. The van der Waals surface area contributed by atoms with Gasteiger partial charge in [-0.2, -0.15) is 5.10 Å². The van der Waals surface area contributed by atoms with Crippen LogP contribution in [0.3, 0.4) is 0 Å². The van der Waals surface area contributed by atoms with Crippen LogP contribution in [0.4, 0.5) is 0 Å². The van der Waals surface area contributed by atoms with Gasteiger partial charge in [0.1, 0.15) is 5.56 Å². The number of pyridine rings is 1. The molecule has 0 spiro atoms. The number of hydrogen-bond acceptors (Lipinski definition) is 5. The zero-order valence-corrected chi connectivity index (χ0v) is 16.5. The lowest BCUT2D eigenvalue weighted by atomic mass is 10.0. The van der Waals surface area contributed by atoms with Gasteiger partial charge in [-0.1, -0.05) is 24.3 Å². The first kappa shape index (κ1) is 19.1. The highest BCUT2D eigenvalue weighted by atomic mass is 16.5. The third-order valence-electron chi connectivity index (χ3n) is 5.21. The van der Waals surface area contributed by atoms with Crippen molar-refractivity contribution in [2.75, 3.05) is 20.3 Å². The molecule has 150 valence electrons. The Kier molecular flexibility index (Phi) is 5.31. The van der Waals surface area contributed by atoms with Gasteiger partial charge in [0.25, 0.3) is 5.56 Å². The maximum atomic E-state index is 12.1. The Morgan fingerprint density at radius 3 is 2.72 bits per heavy atom. The summed E-state index contributed by atoms with van der Waals surface area (Å²) in [7, 11) is 1.38. The second-order valence-electron chi connectivity index (χ2n) is 7.28. The topological polar surface area (TPSA) is 75.4 Å². The summed E-state index contributed by atoms with van der Waals surface area (Å²) in [5.41, 5.74) is 4.48. The lowest BCUT2D eigenvalue weighted by Crippen LogP contribution is -2.27. The fraction of sp³-hybridized carbons (Fsp3) is 0.318. The van der Waals surface area contributed by atoms with E-state index in [1.165, 1.54) is 7.11 Å². The second kappa shape index (κ2) is 8.05. The summed E-state index contributed by atoms with van der Waals surface area (Å²) < 4.78 is 13.6. The van der Waals surface area contributed by atoms with Crippen LogP contribution in [-0.2, 0) is 22.6 Å². The number of ether oxygens (including phenoxy) is 2. The predicted octanol–water partition coefficient (Wildman–Crippen LogP) is 2.35. The van der Waals surface area contributed by atoms with Gasteiger partial charge in [-0.3, -0.25) is 9.48 Å². The molecule has 1 aliphatic heterocycles. The Hall–Kier alpha value is -3.19. The van der Waals surface area contributed by atoms with Crippen molar-refractivity contribution in [2.45, 2.75) is 25.9 Å². The molecule has 0 N–H and O–H groups in total. The van der Waals surface area contributed by atoms with Crippen LogP contribution in [-0.4, -0.2) is 40.6 Å². The number of benzene rings is 1. The molecule has 7 heteroatoms. The van der Waals surface area contributed by atoms with Crippen molar-refractivity contribution in [3.8, 4) is 0 Å². The van der Waals surface area contributed by atoms with Gasteiger partial charge < -0.3 is 14.0 Å². The van der Waals surface area contributed by atoms with E-state index < -0.39 is 0 Å². The molecular formula is C22H23N3O4. The van der Waals surface area contributed by atoms with E-state index in [0.29, 0.717) is 31.9 Å². The third-order valence-corrected chi connectivity index (χ3v) is 5.21. The van der Waals surface area contributed by atoms with Crippen molar-refractivity contribution < 1.29 is 14.3 Å². The highest BCUT2D eigenvalue weighted by Crippen LogP contribution is 2.26. The summed E-state index contributed by atoms with van der Waals surface area (Å²) in [5.74, 6) is -0.239. The van der Waals surface area contributed by atoms with Gasteiger partial charge in [-0.25, -0.2) is 4.79 Å². The van der Waals surface area contributed by atoms with E-state index in [2.05, 4.69) is 11.2 Å². The normalized spacial score (nSPS) is 13.9. The largest absolute Gasteiger partial charge is 0.465 e. The number of aryl methyl sites for hydroxylation is 1. The molecule has 7 nitrogen and oxygen atoms in total. The third kappa shape index (κ3) is 4.00. The smallest absolute Gasteiger partial charge is 0.341 e. The molecule has 3 aromatic rings. The maximum Gasteiger partial charge on any atom is 0.341 e. The first-order valence-electron chi connectivity index (χ1n) is 9.52. The molecule has 4 rings (SSSR count). The van der Waals surface area contributed by atoms with E-state index in [1.54, 1.807) is 33.8 Å². The number of hydrogen-bond donors (Lipinski definition) is 0. The summed E-state index contributed by atoms with van der Waals surface area (Å²) in [6.07, 6.45) is 3.53. The molecule has 1 fully saturated rings. The van der Waals surface area contributed by atoms with Gasteiger partial charge in [0.05, 0.1) is 45.0 Å². The van der Waals surface area contributed by atoms with Gasteiger partial charge in [0.2, 0.25) is 0 Å². The highest BCUT2D eigenvalue weighted by Gasteiger charge is 2.29. The van der Waals surface area contributed by atoms with Crippen LogP contribution in [0, 0.1) is 6.92 Å². The first-order chi connectivity index (χ1) is 14.0. The molecule has 3 heterocycles. The van der Waals surface area contributed by atoms with Crippen LogP contribution in [0.15, 0.2) is 53.6 Å². The predicted molar refractivity (Wildman–Crippen MR) is 107 cm³/mol. The Morgan fingerprint density at radius 2 is 2.07 bits per heavy atom. The Morgan fingerprint density at radius 1 is 1.24 bits per heavy atom. The number of aromatic nitrogens is 3. The molecule has 0 bridgehead atoms. The summed E-state index contributed by atoms with van der Waals surface area (Å²) in [4.78, 5) is 24.0. The van der Waals surface area contributed by atoms with Crippen molar-refractivity contribution in [1.82, 2.24) is 14.3 Å². The van der Waals surface area contributed by atoms with Crippen molar-refractivity contribution in [3.63, 3.8) is 0 Å². The number of esters is 1. The van der Waals surface area contributed by atoms with Gasteiger partial charge in [0.15, 0.2) is 0 Å². The average molecular weight is 393 g/mol. The van der Waals surface area contributed by atoms with Crippen LogP contribution in [0.5, 0.6) is 0 Å². The Balaban J connectivity index is 1.55. The Bertz CT molecular complexity index is 1100. The number of carbonyl (C=O) groups excluding carboxylic acids is 1. The zero-order chi connectivity index (χ0) is 20.4. The lowest BCUT2D eigenvalue weighted by molar-refractivity contribution is 0.00585. The standard InChI is InChI=1S/C22H23N3O4/c1-15-9-16(6-7-17(15)11-24-8-4-3-5-20(24)26)10-25-12-19(22(27)28-2)21(23-25)18-13-29-14-18/h3-9,12,18H,10-11,13-14H2,1-2H3. The number of carbonyl (C=O) groups is 1. The minimum absolute atomic E-state index is 0.0182. The monoisotopic (exact) mass is 393 g/mol. The summed E-state index contributed by atoms with van der Waals surface area (Å²) >= 11 is 0. The minimum Gasteiger partial charge on any atom is -0.465 e. The number of methoxy groups -OCH3 is 1. The van der Waals surface area contributed by atoms with E-state index in [0.717, 1.165) is 22.4 Å². The molecule has 0 unspecified atom stereocenters. The number of rotatable bonds is 6. The van der Waals surface area contributed by atoms with Gasteiger partial charge in [-0.05, 0) is 29.7 Å². The lowest BCUT2D eigenvalue weighted by Gasteiger charge is -2.24. The van der Waals surface area contributed by atoms with E-state index in [-0.39, 0.29) is 17.4 Å². The van der Waals surface area contributed by atoms with Crippen LogP contribution < -0.4 is 5.56 Å². The molecule has 1 aliphatic rings. The van der Waals surface area contributed by atoms with Crippen molar-refractivity contribution in [3.05, 3.63) is 87.1 Å². The Labute approximate surface area is 168 Å². The fourth-order valence-electron chi connectivity index (χ4n) is 3.48. The molecule has 1 aromatic carbocycles. The van der Waals surface area contributed by atoms with Gasteiger partial charge >= 0.3 is 5.97 Å². The fourth-order valence-corrected chi connectivity index (χ4v) is 3.48. The molecule has 1 saturated heterocycles. The molecule has 2 aromatic heterocycles. The summed E-state index contributed by atoms with van der Waals surface area (Å²) in [6.45, 7) is 4.27. The SMILES string of the molecule is COC(=O)c1cn(Cc2ccc(Cn3ccccc3=O)c(C)c2)nc1C1COC1. The van der Waals surface area contributed by atoms with Crippen LogP contribution in [0.2, 0.25) is 0 Å². The van der Waals surface area contributed by atoms with E-state index >= 15 is 0 Å². The molecular weight excluding hydrogens is 370 g/mol. The second-order valence-corrected chi connectivity index (χ2v) is 7.28. The van der Waals surface area contributed by atoms with Gasteiger partial charge in [-0.15, -0.1) is 0 Å². The molecule has 29 heavy (non-hydrogen) atoms. The quantitative estimate of drug-likeness (QED) is 0.601. The average Bonchev–Trinajstić information content (AvgIpc) is 3.06. The van der Waals surface area contributed by atoms with Crippen LogP contribution in [0.25, 0.3) is 0 Å². The summed E-state index contributed by atoms with van der Waals surface area (Å²) in [6, 6.07) is 11.3. The maximum absolute atomic E-state index is 12.1. The first-order valence-corrected chi connectivity index (χ1v) is 9.52. The summed E-state index contributed by atoms with van der Waals surface area (Å²) in [5, 5.41) is 4.62. The van der Waals surface area contributed by atoms with Crippen LogP contribution in [0.1, 0.15) is 38.7 Å². The van der Waals surface area contributed by atoms with Crippen LogP contribution >= 0.6 is 0 Å². The van der Waals surface area contributed by atoms with Crippen molar-refractivity contribution >= 4 is 5.97 Å². The highest BCUT2D eigenvalue weighted by molar-refractivity contribution is 5.90. The zero-order valence-electron chi connectivity index (χ0n) is 16.5. The van der Waals surface area contributed by atoms with Crippen molar-refractivity contribution in [2.24, 2.45) is 0 Å². The molecule has 0 atom stereocenters. The van der Waals surface area contributed by atoms with Gasteiger partial charge in [0, 0.05) is 18.5 Å². The number of nitrogens with zero attached hydrogens (tertiary/aromatic N) is 3. The minimum atomic E-state index is -0.377.